The number of anilines is 1. The van der Waals surface area contributed by atoms with E-state index in [1.54, 1.807) is 0 Å². The summed E-state index contributed by atoms with van der Waals surface area (Å²) >= 11 is 0. The molecule has 2 bridgehead atoms. The second kappa shape index (κ2) is 5.87. The van der Waals surface area contributed by atoms with Crippen LogP contribution in [0.4, 0.5) is 5.82 Å². The molecule has 5 rings (SSSR count). The van der Waals surface area contributed by atoms with E-state index < -0.39 is 0 Å². The van der Waals surface area contributed by atoms with Crippen LogP contribution in [-0.2, 0) is 0 Å². The zero-order chi connectivity index (χ0) is 17.7. The van der Waals surface area contributed by atoms with Gasteiger partial charge < -0.3 is 15.2 Å². The summed E-state index contributed by atoms with van der Waals surface area (Å²) in [5.74, 6) is 1.61. The Morgan fingerprint density at radius 3 is 2.96 bits per heavy atom. The lowest BCUT2D eigenvalue weighted by molar-refractivity contribution is 0.0694. The van der Waals surface area contributed by atoms with Crippen LogP contribution in [0, 0.1) is 12.8 Å². The maximum absolute atomic E-state index is 13.3. The molecule has 0 spiro atoms. The molecule has 3 unspecified atom stereocenters. The van der Waals surface area contributed by atoms with Gasteiger partial charge in [-0.1, -0.05) is 18.2 Å². The molecule has 1 amide bonds. The van der Waals surface area contributed by atoms with Crippen molar-refractivity contribution in [2.45, 2.75) is 31.8 Å². The topological polar surface area (TPSA) is 61.0 Å². The zero-order valence-corrected chi connectivity index (χ0v) is 14.8. The molecule has 1 saturated heterocycles. The van der Waals surface area contributed by atoms with Gasteiger partial charge in [-0.2, -0.15) is 0 Å². The third kappa shape index (κ3) is 2.46. The van der Waals surface area contributed by atoms with Gasteiger partial charge in [-0.3, -0.25) is 4.79 Å². The van der Waals surface area contributed by atoms with Crippen molar-refractivity contribution >= 4 is 22.6 Å². The first-order chi connectivity index (χ1) is 12.7. The van der Waals surface area contributed by atoms with Gasteiger partial charge >= 0.3 is 0 Å². The molecule has 26 heavy (non-hydrogen) atoms. The van der Waals surface area contributed by atoms with Gasteiger partial charge in [-0.15, -0.1) is 0 Å². The standard InChI is InChI=1S/C21H22N4O/c1-13-5-6-19(23-11-13)24-17-9-14-10-18(17)25(12-14)21(26)16-4-2-3-15-7-8-22-20(15)16/h2-8,11,14,17-18,22H,9-10,12H2,1H3,(H,23,24). The summed E-state index contributed by atoms with van der Waals surface area (Å²) < 4.78 is 0. The number of fused-ring (bicyclic) bond motifs is 3. The first-order valence-electron chi connectivity index (χ1n) is 9.25. The van der Waals surface area contributed by atoms with Crippen LogP contribution in [0.3, 0.4) is 0 Å². The Labute approximate surface area is 152 Å². The number of para-hydroxylation sites is 1. The van der Waals surface area contributed by atoms with Crippen molar-refractivity contribution in [2.24, 2.45) is 5.92 Å². The monoisotopic (exact) mass is 346 g/mol. The number of aromatic amines is 1. The largest absolute Gasteiger partial charge is 0.365 e. The van der Waals surface area contributed by atoms with Crippen LogP contribution in [0.2, 0.25) is 0 Å². The third-order valence-corrected chi connectivity index (χ3v) is 5.80. The first-order valence-corrected chi connectivity index (χ1v) is 9.25. The van der Waals surface area contributed by atoms with E-state index >= 15 is 0 Å². The minimum Gasteiger partial charge on any atom is -0.365 e. The van der Waals surface area contributed by atoms with E-state index in [2.05, 4.69) is 26.3 Å². The van der Waals surface area contributed by atoms with Crippen LogP contribution in [-0.4, -0.2) is 39.4 Å². The Balaban J connectivity index is 1.39. The van der Waals surface area contributed by atoms with E-state index in [1.165, 1.54) is 0 Å². The quantitative estimate of drug-likeness (QED) is 0.762. The lowest BCUT2D eigenvalue weighted by atomic mass is 10.0. The smallest absolute Gasteiger partial charge is 0.256 e. The highest BCUT2D eigenvalue weighted by Crippen LogP contribution is 2.40. The molecule has 5 nitrogen and oxygen atoms in total. The molecule has 1 aromatic carbocycles. The second-order valence-electron chi connectivity index (χ2n) is 7.58. The highest BCUT2D eigenvalue weighted by molar-refractivity contribution is 6.06. The summed E-state index contributed by atoms with van der Waals surface area (Å²) in [5, 5.41) is 4.64. The molecule has 0 radical (unpaired) electrons. The Kier molecular flexibility index (Phi) is 3.48. The highest BCUT2D eigenvalue weighted by Gasteiger charge is 2.47. The van der Waals surface area contributed by atoms with Crippen LogP contribution in [0.25, 0.3) is 10.9 Å². The van der Waals surface area contributed by atoms with Crippen molar-refractivity contribution in [2.75, 3.05) is 11.9 Å². The van der Waals surface area contributed by atoms with Crippen LogP contribution in [0.5, 0.6) is 0 Å². The lowest BCUT2D eigenvalue weighted by Gasteiger charge is -2.34. The lowest BCUT2D eigenvalue weighted by Crippen LogP contribution is -2.47. The van der Waals surface area contributed by atoms with Crippen molar-refractivity contribution in [1.82, 2.24) is 14.9 Å². The predicted molar refractivity (Wildman–Crippen MR) is 102 cm³/mol. The van der Waals surface area contributed by atoms with Gasteiger partial charge in [-0.05, 0) is 49.4 Å². The summed E-state index contributed by atoms with van der Waals surface area (Å²) in [6, 6.07) is 12.5. The summed E-state index contributed by atoms with van der Waals surface area (Å²) in [5.41, 5.74) is 2.86. The van der Waals surface area contributed by atoms with Crippen LogP contribution < -0.4 is 5.32 Å². The average molecular weight is 346 g/mol. The fourth-order valence-corrected chi connectivity index (χ4v) is 4.57. The van der Waals surface area contributed by atoms with E-state index in [1.807, 2.05) is 49.6 Å². The van der Waals surface area contributed by atoms with Gasteiger partial charge in [0.2, 0.25) is 0 Å². The number of benzene rings is 1. The van der Waals surface area contributed by atoms with Crippen molar-refractivity contribution in [3.05, 3.63) is 59.9 Å². The molecule has 1 aliphatic heterocycles. The van der Waals surface area contributed by atoms with Crippen molar-refractivity contribution < 1.29 is 4.79 Å². The number of pyridine rings is 1. The Morgan fingerprint density at radius 2 is 2.15 bits per heavy atom. The fraction of sp³-hybridized carbons (Fsp3) is 0.333. The number of likely N-dealkylation sites (tertiary alicyclic amines) is 1. The number of aryl methyl sites for hydroxylation is 1. The Hall–Kier alpha value is -2.82. The number of piperidine rings is 1. The molecule has 3 aromatic rings. The number of hydrogen-bond acceptors (Lipinski definition) is 3. The van der Waals surface area contributed by atoms with Crippen molar-refractivity contribution in [3.63, 3.8) is 0 Å². The van der Waals surface area contributed by atoms with Crippen LogP contribution >= 0.6 is 0 Å². The molecule has 3 atom stereocenters. The zero-order valence-electron chi connectivity index (χ0n) is 14.8. The van der Waals surface area contributed by atoms with Gasteiger partial charge in [-0.25, -0.2) is 4.98 Å². The summed E-state index contributed by atoms with van der Waals surface area (Å²) in [6.07, 6.45) is 5.96. The first kappa shape index (κ1) is 15.4. The number of hydrogen-bond donors (Lipinski definition) is 2. The summed E-state index contributed by atoms with van der Waals surface area (Å²) in [4.78, 5) is 23.0. The number of nitrogens with one attached hydrogen (secondary N) is 2. The minimum atomic E-state index is 0.133. The molecular formula is C21H22N4O. The number of amides is 1. The molecular weight excluding hydrogens is 324 g/mol. The van der Waals surface area contributed by atoms with E-state index in [-0.39, 0.29) is 18.0 Å². The van der Waals surface area contributed by atoms with E-state index in [0.717, 1.165) is 47.2 Å². The predicted octanol–water partition coefficient (Wildman–Crippen LogP) is 3.59. The van der Waals surface area contributed by atoms with Gasteiger partial charge in [0.25, 0.3) is 5.91 Å². The molecule has 2 aliphatic rings. The molecule has 2 N–H and O–H groups in total. The SMILES string of the molecule is Cc1ccc(NC2CC3CC2N(C(=O)c2cccc4cc[nH]c24)C3)nc1. The summed E-state index contributed by atoms with van der Waals surface area (Å²) in [6.45, 7) is 2.90. The molecule has 1 aliphatic carbocycles. The molecule has 5 heteroatoms. The maximum atomic E-state index is 13.3. The van der Waals surface area contributed by atoms with Gasteiger partial charge in [0.05, 0.1) is 17.1 Å². The van der Waals surface area contributed by atoms with Gasteiger partial charge in [0, 0.05) is 30.4 Å². The van der Waals surface area contributed by atoms with Crippen molar-refractivity contribution in [1.29, 1.82) is 0 Å². The fourth-order valence-electron chi connectivity index (χ4n) is 4.57. The molecule has 3 heterocycles. The Bertz CT molecular complexity index is 962. The Morgan fingerprint density at radius 1 is 1.23 bits per heavy atom. The minimum absolute atomic E-state index is 0.133. The van der Waals surface area contributed by atoms with Crippen molar-refractivity contribution in [3.8, 4) is 0 Å². The molecule has 132 valence electrons. The third-order valence-electron chi connectivity index (χ3n) is 5.80. The molecule has 2 fully saturated rings. The number of rotatable bonds is 3. The van der Waals surface area contributed by atoms with E-state index in [4.69, 9.17) is 0 Å². The van der Waals surface area contributed by atoms with Gasteiger partial charge in [0.1, 0.15) is 5.82 Å². The molecule has 1 saturated carbocycles. The van der Waals surface area contributed by atoms with E-state index in [0.29, 0.717) is 5.92 Å². The maximum Gasteiger partial charge on any atom is 0.256 e. The highest BCUT2D eigenvalue weighted by atomic mass is 16.2. The normalized spacial score (nSPS) is 24.3. The second-order valence-corrected chi connectivity index (χ2v) is 7.58. The number of nitrogens with zero attached hydrogens (tertiary/aromatic N) is 2. The molecule has 2 aromatic heterocycles. The number of H-pyrrole nitrogens is 1. The van der Waals surface area contributed by atoms with Crippen LogP contribution in [0.15, 0.2) is 48.8 Å². The number of carbonyl (C=O) groups excluding carboxylic acids is 1. The number of aromatic nitrogens is 2. The van der Waals surface area contributed by atoms with E-state index in [9.17, 15) is 4.79 Å². The summed E-state index contributed by atoms with van der Waals surface area (Å²) in [7, 11) is 0. The van der Waals surface area contributed by atoms with Gasteiger partial charge in [0.15, 0.2) is 0 Å². The van der Waals surface area contributed by atoms with Crippen LogP contribution in [0.1, 0.15) is 28.8 Å². The number of carbonyl (C=O) groups is 1. The average Bonchev–Trinajstić information content (AvgIpc) is 3.37.